The van der Waals surface area contributed by atoms with Crippen LogP contribution in [0.4, 0.5) is 0 Å². The number of nitrogens with two attached hydrogens (primary N) is 1. The quantitative estimate of drug-likeness (QED) is 0.811. The predicted molar refractivity (Wildman–Crippen MR) is 60.7 cm³/mol. The second-order valence-electron chi connectivity index (χ2n) is 4.30. The van der Waals surface area contributed by atoms with Crippen LogP contribution in [0.2, 0.25) is 0 Å². The molecule has 16 heavy (non-hydrogen) atoms. The van der Waals surface area contributed by atoms with Crippen molar-refractivity contribution < 1.29 is 4.74 Å². The summed E-state index contributed by atoms with van der Waals surface area (Å²) in [5.74, 6) is 1.52. The molecule has 0 bridgehead atoms. The van der Waals surface area contributed by atoms with Gasteiger partial charge in [-0.1, -0.05) is 19.3 Å². The number of rotatable bonds is 4. The third-order valence-electron chi connectivity index (χ3n) is 3.21. The molecule has 1 aromatic heterocycles. The molecule has 1 heterocycles. The normalized spacial score (nSPS) is 19.9. The third-order valence-corrected chi connectivity index (χ3v) is 3.21. The minimum Gasteiger partial charge on any atom is -0.367 e. The fraction of sp³-hybridized carbons (Fsp3) is 0.818. The van der Waals surface area contributed by atoms with E-state index in [9.17, 15) is 0 Å². The van der Waals surface area contributed by atoms with Crippen LogP contribution >= 0.6 is 0 Å². The first-order valence-corrected chi connectivity index (χ1v) is 6.06. The van der Waals surface area contributed by atoms with Gasteiger partial charge in [0.2, 0.25) is 0 Å². The molecule has 0 spiro atoms. The zero-order valence-corrected chi connectivity index (χ0v) is 9.83. The van der Waals surface area contributed by atoms with Gasteiger partial charge in [0.15, 0.2) is 5.82 Å². The number of ether oxygens (including phenoxy) is 1. The van der Waals surface area contributed by atoms with Crippen molar-refractivity contribution in [3.8, 4) is 0 Å². The van der Waals surface area contributed by atoms with E-state index < -0.39 is 0 Å². The first-order chi connectivity index (χ1) is 7.80. The first-order valence-electron chi connectivity index (χ1n) is 6.06. The SMILES string of the molecule is CCOC1(c2n[nH]c(CN)n2)CCCCC1. The van der Waals surface area contributed by atoms with E-state index in [1.807, 2.05) is 6.92 Å². The molecule has 0 aromatic carbocycles. The smallest absolute Gasteiger partial charge is 0.182 e. The molecule has 3 N–H and O–H groups in total. The molecule has 1 saturated carbocycles. The van der Waals surface area contributed by atoms with E-state index in [-0.39, 0.29) is 5.60 Å². The fourth-order valence-corrected chi connectivity index (χ4v) is 2.42. The van der Waals surface area contributed by atoms with Crippen molar-refractivity contribution in [2.24, 2.45) is 5.73 Å². The zero-order valence-electron chi connectivity index (χ0n) is 9.83. The van der Waals surface area contributed by atoms with Gasteiger partial charge >= 0.3 is 0 Å². The molecule has 1 aliphatic rings. The molecule has 0 atom stereocenters. The lowest BCUT2D eigenvalue weighted by atomic mass is 9.84. The Labute approximate surface area is 95.8 Å². The van der Waals surface area contributed by atoms with Crippen molar-refractivity contribution in [2.45, 2.75) is 51.2 Å². The van der Waals surface area contributed by atoms with Gasteiger partial charge in [0.05, 0.1) is 6.54 Å². The van der Waals surface area contributed by atoms with Gasteiger partial charge in [0.1, 0.15) is 11.4 Å². The number of aromatic nitrogens is 3. The van der Waals surface area contributed by atoms with Gasteiger partial charge < -0.3 is 10.5 Å². The maximum absolute atomic E-state index is 5.93. The second kappa shape index (κ2) is 4.93. The van der Waals surface area contributed by atoms with E-state index in [2.05, 4.69) is 15.2 Å². The number of nitrogens with zero attached hydrogens (tertiary/aromatic N) is 2. The molecule has 1 aliphatic carbocycles. The molecule has 0 amide bonds. The van der Waals surface area contributed by atoms with E-state index in [0.717, 1.165) is 24.5 Å². The van der Waals surface area contributed by atoms with Crippen LogP contribution in [0.3, 0.4) is 0 Å². The number of hydrogen-bond donors (Lipinski definition) is 2. The molecule has 0 unspecified atom stereocenters. The van der Waals surface area contributed by atoms with Crippen molar-refractivity contribution in [3.63, 3.8) is 0 Å². The van der Waals surface area contributed by atoms with Crippen molar-refractivity contribution in [1.29, 1.82) is 0 Å². The van der Waals surface area contributed by atoms with Crippen LogP contribution in [0.15, 0.2) is 0 Å². The van der Waals surface area contributed by atoms with Gasteiger partial charge in [0.25, 0.3) is 0 Å². The highest BCUT2D eigenvalue weighted by atomic mass is 16.5. The van der Waals surface area contributed by atoms with E-state index in [1.54, 1.807) is 0 Å². The molecular formula is C11H20N4O. The van der Waals surface area contributed by atoms with Gasteiger partial charge in [-0.05, 0) is 19.8 Å². The highest BCUT2D eigenvalue weighted by Gasteiger charge is 2.38. The number of aromatic amines is 1. The molecule has 1 aromatic rings. The fourth-order valence-electron chi connectivity index (χ4n) is 2.42. The van der Waals surface area contributed by atoms with E-state index in [0.29, 0.717) is 13.2 Å². The van der Waals surface area contributed by atoms with Crippen molar-refractivity contribution in [1.82, 2.24) is 15.2 Å². The summed E-state index contributed by atoms with van der Waals surface area (Å²) in [6.45, 7) is 3.12. The summed E-state index contributed by atoms with van der Waals surface area (Å²) in [4.78, 5) is 4.43. The summed E-state index contributed by atoms with van der Waals surface area (Å²) in [6, 6.07) is 0. The first kappa shape index (κ1) is 11.5. The molecule has 90 valence electrons. The maximum atomic E-state index is 5.93. The molecule has 1 fully saturated rings. The lowest BCUT2D eigenvalue weighted by molar-refractivity contribution is -0.0764. The highest BCUT2D eigenvalue weighted by molar-refractivity contribution is 5.04. The standard InChI is InChI=1S/C11H20N4O/c1-2-16-11(6-4-3-5-7-11)10-13-9(8-12)14-15-10/h2-8,12H2,1H3,(H,13,14,15). The summed E-state index contributed by atoms with van der Waals surface area (Å²) in [5.41, 5.74) is 5.27. The van der Waals surface area contributed by atoms with Gasteiger partial charge in [0, 0.05) is 6.61 Å². The molecule has 0 saturated heterocycles. The summed E-state index contributed by atoms with van der Waals surface area (Å²) < 4.78 is 5.93. The predicted octanol–water partition coefficient (Wildman–Crippen LogP) is 1.46. The van der Waals surface area contributed by atoms with E-state index in [4.69, 9.17) is 10.5 Å². The number of nitrogens with one attached hydrogen (secondary N) is 1. The molecule has 5 nitrogen and oxygen atoms in total. The summed E-state index contributed by atoms with van der Waals surface area (Å²) in [5, 5.41) is 7.13. The van der Waals surface area contributed by atoms with Gasteiger partial charge in [-0.2, -0.15) is 5.10 Å². The Morgan fingerprint density at radius 3 is 2.69 bits per heavy atom. The Bertz CT molecular complexity index is 325. The Balaban J connectivity index is 2.23. The minimum absolute atomic E-state index is 0.267. The van der Waals surface area contributed by atoms with Crippen LogP contribution < -0.4 is 5.73 Å². The zero-order chi connectivity index (χ0) is 11.4. The lowest BCUT2D eigenvalue weighted by Gasteiger charge is -2.34. The van der Waals surface area contributed by atoms with E-state index >= 15 is 0 Å². The van der Waals surface area contributed by atoms with Crippen LogP contribution in [0.1, 0.15) is 50.7 Å². The number of hydrogen-bond acceptors (Lipinski definition) is 4. The summed E-state index contributed by atoms with van der Waals surface area (Å²) in [7, 11) is 0. The van der Waals surface area contributed by atoms with Gasteiger partial charge in [-0.15, -0.1) is 0 Å². The second-order valence-corrected chi connectivity index (χ2v) is 4.30. The van der Waals surface area contributed by atoms with Crippen molar-refractivity contribution in [3.05, 3.63) is 11.6 Å². The Morgan fingerprint density at radius 2 is 2.12 bits per heavy atom. The summed E-state index contributed by atoms with van der Waals surface area (Å²) in [6.07, 6.45) is 5.69. The van der Waals surface area contributed by atoms with Gasteiger partial charge in [-0.3, -0.25) is 5.10 Å². The van der Waals surface area contributed by atoms with Crippen LogP contribution in [-0.4, -0.2) is 21.8 Å². The topological polar surface area (TPSA) is 76.8 Å². The molecular weight excluding hydrogens is 204 g/mol. The van der Waals surface area contributed by atoms with Gasteiger partial charge in [-0.25, -0.2) is 4.98 Å². The Kier molecular flexibility index (Phi) is 3.56. The summed E-state index contributed by atoms with van der Waals surface area (Å²) >= 11 is 0. The number of H-pyrrole nitrogens is 1. The average Bonchev–Trinajstić information content (AvgIpc) is 2.80. The molecule has 5 heteroatoms. The minimum atomic E-state index is -0.267. The molecule has 0 aliphatic heterocycles. The largest absolute Gasteiger partial charge is 0.367 e. The monoisotopic (exact) mass is 224 g/mol. The van der Waals surface area contributed by atoms with Crippen LogP contribution in [0.25, 0.3) is 0 Å². The average molecular weight is 224 g/mol. The Morgan fingerprint density at radius 1 is 1.38 bits per heavy atom. The van der Waals surface area contributed by atoms with Crippen LogP contribution in [0, 0.1) is 0 Å². The van der Waals surface area contributed by atoms with Crippen molar-refractivity contribution >= 4 is 0 Å². The van der Waals surface area contributed by atoms with Crippen LogP contribution in [0.5, 0.6) is 0 Å². The lowest BCUT2D eigenvalue weighted by Crippen LogP contribution is -2.33. The van der Waals surface area contributed by atoms with Crippen LogP contribution in [-0.2, 0) is 16.9 Å². The molecule has 2 rings (SSSR count). The van der Waals surface area contributed by atoms with Crippen molar-refractivity contribution in [2.75, 3.05) is 6.61 Å². The molecule has 0 radical (unpaired) electrons. The van der Waals surface area contributed by atoms with E-state index in [1.165, 1.54) is 19.3 Å². The Hall–Kier alpha value is -0.940. The third kappa shape index (κ3) is 2.10. The maximum Gasteiger partial charge on any atom is 0.182 e. The highest BCUT2D eigenvalue weighted by Crippen LogP contribution is 2.38.